The van der Waals surface area contributed by atoms with Crippen LogP contribution in [0.5, 0.6) is 0 Å². The van der Waals surface area contributed by atoms with Crippen molar-refractivity contribution in [3.05, 3.63) is 63.6 Å². The summed E-state index contributed by atoms with van der Waals surface area (Å²) in [5, 5.41) is 3.47. The molecule has 0 saturated carbocycles. The van der Waals surface area contributed by atoms with Crippen molar-refractivity contribution in [3.63, 3.8) is 0 Å². The number of carbonyl (C=O) groups is 1. The maximum Gasteiger partial charge on any atom is 0.416 e. The highest BCUT2D eigenvalue weighted by atomic mass is 35.5. The van der Waals surface area contributed by atoms with Crippen LogP contribution in [-0.2, 0) is 17.5 Å². The number of hydrogen-bond acceptors (Lipinski definition) is 3. The zero-order valence-corrected chi connectivity index (χ0v) is 18.8. The number of ether oxygens (including phenoxy) is 1. The zero-order valence-electron chi connectivity index (χ0n) is 17.3. The van der Waals surface area contributed by atoms with E-state index in [0.717, 1.165) is 38.2 Å². The number of amides is 2. The predicted molar refractivity (Wildman–Crippen MR) is 119 cm³/mol. The quantitative estimate of drug-likeness (QED) is 0.536. The molecule has 1 fully saturated rings. The molecule has 1 aliphatic heterocycles. The minimum atomic E-state index is -4.40. The number of nitrogens with one attached hydrogen (secondary N) is 1. The molecule has 1 heterocycles. The third kappa shape index (κ3) is 7.27. The van der Waals surface area contributed by atoms with E-state index in [1.807, 2.05) is 0 Å². The van der Waals surface area contributed by atoms with Gasteiger partial charge in [-0.3, -0.25) is 4.90 Å². The number of carbonyl (C=O) groups excluding carboxylic acids is 1. The Morgan fingerprint density at radius 3 is 2.38 bits per heavy atom. The van der Waals surface area contributed by atoms with E-state index in [2.05, 4.69) is 10.2 Å². The van der Waals surface area contributed by atoms with Crippen molar-refractivity contribution in [3.8, 4) is 0 Å². The molecule has 2 aromatic carbocycles. The number of hydrogen-bond donors (Lipinski definition) is 1. The van der Waals surface area contributed by atoms with Crippen molar-refractivity contribution >= 4 is 34.9 Å². The monoisotopic (exact) mass is 489 g/mol. The van der Waals surface area contributed by atoms with Gasteiger partial charge in [-0.15, -0.1) is 0 Å². The van der Waals surface area contributed by atoms with Gasteiger partial charge in [0.25, 0.3) is 0 Å². The fourth-order valence-electron chi connectivity index (χ4n) is 3.36. The Hall–Kier alpha value is -2.00. The number of halogens is 5. The second-order valence-corrected chi connectivity index (χ2v) is 8.30. The van der Waals surface area contributed by atoms with E-state index in [9.17, 15) is 18.0 Å². The van der Waals surface area contributed by atoms with E-state index in [0.29, 0.717) is 41.1 Å². The molecule has 0 aromatic heterocycles. The number of anilines is 1. The summed E-state index contributed by atoms with van der Waals surface area (Å²) in [6.45, 7) is 4.47. The van der Waals surface area contributed by atoms with Crippen LogP contribution in [0, 0.1) is 0 Å². The van der Waals surface area contributed by atoms with Crippen LogP contribution >= 0.6 is 23.2 Å². The normalized spacial score (nSPS) is 14.9. The van der Waals surface area contributed by atoms with Crippen LogP contribution in [0.2, 0.25) is 10.0 Å². The van der Waals surface area contributed by atoms with Crippen LogP contribution in [-0.4, -0.2) is 55.2 Å². The molecule has 3 rings (SSSR count). The lowest BCUT2D eigenvalue weighted by atomic mass is 10.1. The van der Waals surface area contributed by atoms with Crippen LogP contribution in [0.3, 0.4) is 0 Å². The second kappa shape index (κ2) is 11.2. The van der Waals surface area contributed by atoms with E-state index >= 15 is 0 Å². The molecule has 0 unspecified atom stereocenters. The molecule has 1 N–H and O–H groups in total. The molecule has 0 bridgehead atoms. The minimum absolute atomic E-state index is 0.175. The van der Waals surface area contributed by atoms with Gasteiger partial charge in [-0.2, -0.15) is 13.2 Å². The Kier molecular flexibility index (Phi) is 8.64. The minimum Gasteiger partial charge on any atom is -0.379 e. The summed E-state index contributed by atoms with van der Waals surface area (Å²) in [6, 6.07) is 9.23. The fraction of sp³-hybridized carbons (Fsp3) is 0.409. The van der Waals surface area contributed by atoms with Gasteiger partial charge < -0.3 is 15.0 Å². The fourth-order valence-corrected chi connectivity index (χ4v) is 3.66. The van der Waals surface area contributed by atoms with Crippen LogP contribution in [0.4, 0.5) is 23.7 Å². The predicted octanol–water partition coefficient (Wildman–Crippen LogP) is 5.77. The van der Waals surface area contributed by atoms with E-state index in [4.69, 9.17) is 27.9 Å². The van der Waals surface area contributed by atoms with E-state index in [1.165, 1.54) is 12.1 Å². The van der Waals surface area contributed by atoms with Crippen molar-refractivity contribution < 1.29 is 22.7 Å². The first-order valence-corrected chi connectivity index (χ1v) is 11.0. The molecule has 0 radical (unpaired) electrons. The number of urea groups is 1. The summed E-state index contributed by atoms with van der Waals surface area (Å²) in [5.74, 6) is 0. The first-order valence-electron chi connectivity index (χ1n) is 10.2. The van der Waals surface area contributed by atoms with Gasteiger partial charge in [0.05, 0.1) is 28.8 Å². The van der Waals surface area contributed by atoms with Gasteiger partial charge >= 0.3 is 12.2 Å². The molecule has 1 aliphatic rings. The topological polar surface area (TPSA) is 44.8 Å². The van der Waals surface area contributed by atoms with Crippen molar-refractivity contribution in [1.82, 2.24) is 9.80 Å². The maximum atomic E-state index is 12.9. The molecular weight excluding hydrogens is 466 g/mol. The highest BCUT2D eigenvalue weighted by molar-refractivity contribution is 6.42. The summed E-state index contributed by atoms with van der Waals surface area (Å²) in [5.41, 5.74) is 0.365. The zero-order chi connectivity index (χ0) is 23.1. The summed E-state index contributed by atoms with van der Waals surface area (Å²) in [7, 11) is 0. The summed E-state index contributed by atoms with van der Waals surface area (Å²) < 4.78 is 43.9. The Balaban J connectivity index is 1.67. The molecule has 0 atom stereocenters. The van der Waals surface area contributed by atoms with Gasteiger partial charge in [0.15, 0.2) is 0 Å². The lowest BCUT2D eigenvalue weighted by Gasteiger charge is -2.28. The number of morpholine rings is 1. The Morgan fingerprint density at radius 2 is 1.75 bits per heavy atom. The molecule has 32 heavy (non-hydrogen) atoms. The van der Waals surface area contributed by atoms with E-state index in [-0.39, 0.29) is 12.6 Å². The van der Waals surface area contributed by atoms with Crippen molar-refractivity contribution in [2.45, 2.75) is 19.1 Å². The van der Waals surface area contributed by atoms with Crippen molar-refractivity contribution in [2.24, 2.45) is 0 Å². The van der Waals surface area contributed by atoms with E-state index < -0.39 is 11.7 Å². The molecule has 1 saturated heterocycles. The first-order chi connectivity index (χ1) is 15.2. The van der Waals surface area contributed by atoms with Crippen LogP contribution in [0.25, 0.3) is 0 Å². The maximum absolute atomic E-state index is 12.9. The van der Waals surface area contributed by atoms with Crippen molar-refractivity contribution in [1.29, 1.82) is 0 Å². The molecule has 10 heteroatoms. The molecule has 5 nitrogen and oxygen atoms in total. The number of rotatable bonds is 7. The third-order valence-corrected chi connectivity index (χ3v) is 5.86. The molecule has 0 spiro atoms. The lowest BCUT2D eigenvalue weighted by molar-refractivity contribution is -0.137. The highest BCUT2D eigenvalue weighted by Crippen LogP contribution is 2.29. The van der Waals surface area contributed by atoms with Gasteiger partial charge in [0.2, 0.25) is 0 Å². The van der Waals surface area contributed by atoms with Crippen LogP contribution in [0.15, 0.2) is 42.5 Å². The van der Waals surface area contributed by atoms with Crippen LogP contribution in [0.1, 0.15) is 17.5 Å². The summed E-state index contributed by atoms with van der Waals surface area (Å²) >= 11 is 11.9. The first kappa shape index (κ1) is 24.6. The van der Waals surface area contributed by atoms with Gasteiger partial charge in [0.1, 0.15) is 0 Å². The lowest BCUT2D eigenvalue weighted by Crippen LogP contribution is -2.40. The third-order valence-electron chi connectivity index (χ3n) is 5.12. The van der Waals surface area contributed by atoms with Crippen LogP contribution < -0.4 is 5.32 Å². The number of alkyl halides is 3. The Morgan fingerprint density at radius 1 is 1.06 bits per heavy atom. The highest BCUT2D eigenvalue weighted by Gasteiger charge is 2.30. The largest absolute Gasteiger partial charge is 0.416 e. The van der Waals surface area contributed by atoms with E-state index in [1.54, 1.807) is 23.1 Å². The Labute approximate surface area is 195 Å². The van der Waals surface area contributed by atoms with Gasteiger partial charge in [0, 0.05) is 38.4 Å². The molecule has 0 aliphatic carbocycles. The van der Waals surface area contributed by atoms with Gasteiger partial charge in [-0.1, -0.05) is 35.3 Å². The number of nitrogens with zero attached hydrogens (tertiary/aromatic N) is 2. The standard InChI is InChI=1S/C22H24Cl2F3N3O2/c23-19-7-6-18(14-20(19)24)28-21(31)30(9-1-8-29-10-12-32-13-11-29)15-16-2-4-17(5-3-16)22(25,26)27/h2-7,14H,1,8-13,15H2,(H,28,31). The average molecular weight is 490 g/mol. The SMILES string of the molecule is O=C(Nc1ccc(Cl)c(Cl)c1)N(CCCN1CCOCC1)Cc1ccc(C(F)(F)F)cc1. The summed E-state index contributed by atoms with van der Waals surface area (Å²) in [4.78, 5) is 16.8. The molecule has 2 amide bonds. The average Bonchev–Trinajstić information content (AvgIpc) is 2.76. The Bertz CT molecular complexity index is 904. The summed E-state index contributed by atoms with van der Waals surface area (Å²) in [6.07, 6.45) is -3.68. The van der Waals surface area contributed by atoms with Gasteiger partial charge in [-0.05, 0) is 42.3 Å². The number of benzene rings is 2. The molecule has 174 valence electrons. The second-order valence-electron chi connectivity index (χ2n) is 7.48. The molecular formula is C22H24Cl2F3N3O2. The smallest absolute Gasteiger partial charge is 0.379 e. The molecule has 2 aromatic rings. The van der Waals surface area contributed by atoms with Gasteiger partial charge in [-0.25, -0.2) is 4.79 Å². The van der Waals surface area contributed by atoms with Crippen molar-refractivity contribution in [2.75, 3.05) is 44.7 Å².